The molecule has 3 aromatic carbocycles. The maximum absolute atomic E-state index is 13.9. The van der Waals surface area contributed by atoms with Crippen LogP contribution in [-0.4, -0.2) is 64.0 Å². The zero-order valence-corrected chi connectivity index (χ0v) is 24.0. The molecule has 0 bridgehead atoms. The summed E-state index contributed by atoms with van der Waals surface area (Å²) in [5, 5.41) is 50.6. The Morgan fingerprint density at radius 1 is 0.977 bits per heavy atom. The highest BCUT2D eigenvalue weighted by atomic mass is 16.5. The summed E-state index contributed by atoms with van der Waals surface area (Å²) in [4.78, 5) is 28.7. The number of allylic oxidation sites excluding steroid dienone is 1. The van der Waals surface area contributed by atoms with Gasteiger partial charge in [0, 0.05) is 0 Å². The van der Waals surface area contributed by atoms with Crippen molar-refractivity contribution >= 4 is 48.9 Å². The van der Waals surface area contributed by atoms with Gasteiger partial charge in [0.1, 0.15) is 5.75 Å². The van der Waals surface area contributed by atoms with E-state index in [2.05, 4.69) is 0 Å². The number of aliphatic hydroxyl groups is 1. The molecular weight excluding hydrogens is 560 g/mol. The molecule has 0 spiro atoms. The number of nitrogens with zero attached hydrogens (tertiary/aromatic N) is 1. The second-order valence-corrected chi connectivity index (χ2v) is 11.6. The summed E-state index contributed by atoms with van der Waals surface area (Å²) in [6.45, 7) is -0.302. The third-order valence-electron chi connectivity index (χ3n) is 8.96. The number of fused-ring (bicyclic) bond motifs is 3. The first-order valence-corrected chi connectivity index (χ1v) is 14.8. The average molecular weight is 593 g/mol. The van der Waals surface area contributed by atoms with Crippen molar-refractivity contribution in [2.75, 3.05) is 11.5 Å². The number of hydrogen-bond acceptors (Lipinski definition) is 8. The lowest BCUT2D eigenvalue weighted by molar-refractivity contribution is -0.122. The molecular formula is C33H33B2NO8. The lowest BCUT2D eigenvalue weighted by Gasteiger charge is -2.43. The Labute approximate surface area is 256 Å². The number of amides is 2. The highest BCUT2D eigenvalue weighted by molar-refractivity contribution is 6.58. The van der Waals surface area contributed by atoms with E-state index < -0.39 is 49.9 Å². The van der Waals surface area contributed by atoms with Gasteiger partial charge in [-0.1, -0.05) is 60.7 Å². The second-order valence-electron chi connectivity index (χ2n) is 11.6. The third-order valence-corrected chi connectivity index (χ3v) is 8.96. The molecule has 9 nitrogen and oxygen atoms in total. The number of hydrogen-bond donors (Lipinski definition) is 5. The van der Waals surface area contributed by atoms with Crippen LogP contribution in [0.2, 0.25) is 6.32 Å². The van der Waals surface area contributed by atoms with E-state index in [4.69, 9.17) is 4.65 Å². The minimum Gasteiger partial charge on any atom is -0.508 e. The van der Waals surface area contributed by atoms with Crippen LogP contribution in [-0.2, 0) is 14.2 Å². The van der Waals surface area contributed by atoms with Crippen molar-refractivity contribution < 1.29 is 39.5 Å². The topological polar surface area (TPSA) is 148 Å². The van der Waals surface area contributed by atoms with Crippen LogP contribution in [0.25, 0.3) is 11.6 Å². The number of phenolic OH excluding ortho intramolecular Hbond substituents is 1. The largest absolute Gasteiger partial charge is 0.508 e. The predicted octanol–water partition coefficient (Wildman–Crippen LogP) is 2.39. The SMILES string of the molecule is O=C1[C@@H]2[C@@H](CC(CO)=C3[C@@H](CC/C(=C/c4cccc(O)c4)c4ccccc4)OB(O)C[C@@H]32)C(=O)N1c1cccc(B(O)O)c1. The number of phenols is 1. The maximum atomic E-state index is 13.9. The van der Waals surface area contributed by atoms with Gasteiger partial charge in [-0.25, -0.2) is 0 Å². The van der Waals surface area contributed by atoms with Gasteiger partial charge in [0.2, 0.25) is 11.8 Å². The van der Waals surface area contributed by atoms with Crippen molar-refractivity contribution in [3.8, 4) is 5.75 Å². The molecule has 0 saturated carbocycles. The molecule has 3 aromatic rings. The minimum atomic E-state index is -1.76. The van der Waals surface area contributed by atoms with Crippen LogP contribution in [0.5, 0.6) is 5.75 Å². The molecule has 2 fully saturated rings. The van der Waals surface area contributed by atoms with Gasteiger partial charge in [-0.3, -0.25) is 14.5 Å². The first kappa shape index (κ1) is 30.1. The number of benzene rings is 3. The van der Waals surface area contributed by atoms with Crippen molar-refractivity contribution in [2.24, 2.45) is 17.8 Å². The predicted molar refractivity (Wildman–Crippen MR) is 167 cm³/mol. The van der Waals surface area contributed by atoms with Crippen molar-refractivity contribution in [1.82, 2.24) is 0 Å². The maximum Gasteiger partial charge on any atom is 0.488 e. The van der Waals surface area contributed by atoms with Gasteiger partial charge in [0.25, 0.3) is 0 Å². The van der Waals surface area contributed by atoms with Crippen LogP contribution in [0.3, 0.4) is 0 Å². The molecule has 2 amide bonds. The Balaban J connectivity index is 1.31. The van der Waals surface area contributed by atoms with Gasteiger partial charge in [0.05, 0.1) is 30.2 Å². The molecule has 2 saturated heterocycles. The lowest BCUT2D eigenvalue weighted by Crippen LogP contribution is -2.46. The molecule has 6 rings (SSSR count). The number of carbonyl (C=O) groups is 2. The van der Waals surface area contributed by atoms with Gasteiger partial charge in [0.15, 0.2) is 0 Å². The highest BCUT2D eigenvalue weighted by Gasteiger charge is 2.57. The van der Waals surface area contributed by atoms with E-state index >= 15 is 0 Å². The smallest absolute Gasteiger partial charge is 0.488 e. The quantitative estimate of drug-likeness (QED) is 0.116. The van der Waals surface area contributed by atoms with Crippen LogP contribution < -0.4 is 10.4 Å². The van der Waals surface area contributed by atoms with E-state index in [-0.39, 0.29) is 36.2 Å². The zero-order chi connectivity index (χ0) is 31.0. The first-order valence-electron chi connectivity index (χ1n) is 14.8. The summed E-state index contributed by atoms with van der Waals surface area (Å²) in [6.07, 6.45) is 2.70. The molecule has 0 unspecified atom stereocenters. The van der Waals surface area contributed by atoms with E-state index in [0.717, 1.165) is 27.2 Å². The fourth-order valence-electron chi connectivity index (χ4n) is 7.04. The third kappa shape index (κ3) is 5.77. The van der Waals surface area contributed by atoms with Crippen molar-refractivity contribution in [2.45, 2.75) is 31.7 Å². The Kier molecular flexibility index (Phi) is 8.57. The average Bonchev–Trinajstić information content (AvgIpc) is 3.28. The van der Waals surface area contributed by atoms with Crippen molar-refractivity contribution in [1.29, 1.82) is 0 Å². The number of imide groups is 1. The lowest BCUT2D eigenvalue weighted by atomic mass is 9.58. The fourth-order valence-corrected chi connectivity index (χ4v) is 7.04. The molecule has 5 N–H and O–H groups in total. The molecule has 1 aliphatic carbocycles. The summed E-state index contributed by atoms with van der Waals surface area (Å²) in [5.41, 5.74) is 4.63. The van der Waals surface area contributed by atoms with Crippen LogP contribution in [0.15, 0.2) is 90.0 Å². The standard InChI is InChI=1S/C33H33B2NO8/c37-19-23-16-27-31(33(40)36(32(27)39)25-10-5-9-24(17-25)35(42)43)28-18-34(41)44-29(30(23)28)13-12-22(21-7-2-1-3-8-21)14-20-6-4-11-26(38)15-20/h1-11,14-15,17,27-29,31,37-38,41-43H,12-13,16,18-19H2/b22-14-/t27-,28+,29-,31-/m1/s1. The molecule has 4 atom stereocenters. The van der Waals surface area contributed by atoms with Gasteiger partial charge in [-0.05, 0) is 89.1 Å². The summed E-state index contributed by atoms with van der Waals surface area (Å²) in [5.74, 6) is -2.62. The van der Waals surface area contributed by atoms with Crippen molar-refractivity contribution in [3.05, 3.63) is 101 Å². The number of anilines is 1. The Hall–Kier alpha value is -3.99. The van der Waals surface area contributed by atoms with Crippen LogP contribution >= 0.6 is 0 Å². The number of carbonyl (C=O) groups excluding carboxylic acids is 2. The summed E-state index contributed by atoms with van der Waals surface area (Å²) >= 11 is 0. The molecule has 0 radical (unpaired) electrons. The first-order chi connectivity index (χ1) is 21.2. The Bertz CT molecular complexity index is 1620. The summed E-state index contributed by atoms with van der Waals surface area (Å²) in [6, 6.07) is 22.8. The second kappa shape index (κ2) is 12.6. The zero-order valence-electron chi connectivity index (χ0n) is 24.0. The molecule has 3 aliphatic rings. The van der Waals surface area contributed by atoms with Gasteiger partial charge in [-0.15, -0.1) is 0 Å². The molecule has 2 heterocycles. The minimum absolute atomic E-state index is 0.115. The van der Waals surface area contributed by atoms with Gasteiger partial charge < -0.3 is 29.9 Å². The normalized spacial score (nSPS) is 23.6. The van der Waals surface area contributed by atoms with Gasteiger partial charge >= 0.3 is 14.2 Å². The van der Waals surface area contributed by atoms with E-state index in [1.165, 1.54) is 12.1 Å². The molecule has 0 aromatic heterocycles. The van der Waals surface area contributed by atoms with E-state index in [1.54, 1.807) is 30.3 Å². The molecule has 44 heavy (non-hydrogen) atoms. The Morgan fingerprint density at radius 3 is 2.48 bits per heavy atom. The fraction of sp³-hybridized carbons (Fsp3) is 0.273. The van der Waals surface area contributed by atoms with Gasteiger partial charge in [-0.2, -0.15) is 0 Å². The molecule has 11 heteroatoms. The van der Waals surface area contributed by atoms with E-state index in [1.807, 2.05) is 42.5 Å². The van der Waals surface area contributed by atoms with Crippen LogP contribution in [0.4, 0.5) is 5.69 Å². The van der Waals surface area contributed by atoms with E-state index in [9.17, 15) is 34.9 Å². The molecule has 224 valence electrons. The van der Waals surface area contributed by atoms with E-state index in [0.29, 0.717) is 18.4 Å². The van der Waals surface area contributed by atoms with Crippen LogP contribution in [0.1, 0.15) is 30.4 Å². The van der Waals surface area contributed by atoms with Crippen LogP contribution in [0, 0.1) is 17.8 Å². The summed E-state index contributed by atoms with van der Waals surface area (Å²) < 4.78 is 6.06. The Morgan fingerprint density at radius 2 is 1.75 bits per heavy atom. The summed E-state index contributed by atoms with van der Waals surface area (Å²) in [7, 11) is -2.92. The number of rotatable bonds is 8. The number of aromatic hydroxyl groups is 1. The highest BCUT2D eigenvalue weighted by Crippen LogP contribution is 2.51. The number of aliphatic hydroxyl groups excluding tert-OH is 1. The van der Waals surface area contributed by atoms with Crippen molar-refractivity contribution in [3.63, 3.8) is 0 Å². The monoisotopic (exact) mass is 593 g/mol. The molecule has 2 aliphatic heterocycles.